The van der Waals surface area contributed by atoms with E-state index in [1.54, 1.807) is 27.4 Å². The van der Waals surface area contributed by atoms with Crippen molar-refractivity contribution in [1.29, 1.82) is 0 Å². The van der Waals surface area contributed by atoms with Gasteiger partial charge in [-0.15, -0.1) is 0 Å². The number of benzene rings is 13. The molecule has 107 heavy (non-hydrogen) atoms. The molecule has 1 aliphatic heterocycles. The highest BCUT2D eigenvalue weighted by Crippen LogP contribution is 2.47. The number of rotatable bonds is 14. The van der Waals surface area contributed by atoms with Crippen LogP contribution in [-0.4, -0.2) is 85.0 Å². The Morgan fingerprint density at radius 1 is 0.430 bits per heavy atom. The highest BCUT2D eigenvalue weighted by molar-refractivity contribution is 14.1. The van der Waals surface area contributed by atoms with Gasteiger partial charge in [-0.25, -0.2) is 4.58 Å². The second-order valence-corrected chi connectivity index (χ2v) is 35.4. The third-order valence-corrected chi connectivity index (χ3v) is 26.9. The molecule has 13 aromatic carbocycles. The van der Waals surface area contributed by atoms with E-state index in [-0.39, 0.29) is 12.4 Å². The molecule has 0 saturated heterocycles. The zero-order valence-corrected chi connectivity index (χ0v) is 71.2. The fraction of sp³-hybridized carbons (Fsp3) is 0.223. The summed E-state index contributed by atoms with van der Waals surface area (Å²) in [6, 6.07) is 72.1. The maximum Gasteiger partial charge on any atom is 0.488 e. The minimum atomic E-state index is -2.05. The number of anilines is 1. The van der Waals surface area contributed by atoms with E-state index in [2.05, 4.69) is 323 Å². The van der Waals surface area contributed by atoms with Gasteiger partial charge in [-0.1, -0.05) is 188 Å². The smallest absolute Gasteiger partial charge is 0.488 e. The molecule has 0 spiro atoms. The minimum absolute atomic E-state index is 0. The molecule has 0 aromatic heterocycles. The summed E-state index contributed by atoms with van der Waals surface area (Å²) < 4.78 is 22.0. The quantitative estimate of drug-likeness (QED) is 0.0489. The topological polar surface area (TPSA) is 74.4 Å². The van der Waals surface area contributed by atoms with Crippen LogP contribution in [0.1, 0.15) is 86.1 Å². The van der Waals surface area contributed by atoms with Crippen LogP contribution in [0.5, 0.6) is 17.2 Å². The Labute approximate surface area is 670 Å². The first kappa shape index (κ1) is 79.7. The van der Waals surface area contributed by atoms with E-state index < -0.39 is 15.2 Å². The van der Waals surface area contributed by atoms with E-state index in [4.69, 9.17) is 14.2 Å². The van der Waals surface area contributed by atoms with Gasteiger partial charge < -0.3 is 41.6 Å². The molecular weight excluding hydrogens is 1600 g/mol. The zero-order valence-electron chi connectivity index (χ0n) is 64.1. The van der Waals surface area contributed by atoms with Crippen LogP contribution in [0, 0.1) is 3.57 Å². The minimum Gasteiger partial charge on any atom is -1.00 e. The Hall–Kier alpha value is -8.31. The average molecular weight is 1690 g/mol. The molecule has 0 saturated carbocycles. The van der Waals surface area contributed by atoms with Crippen LogP contribution in [0.2, 0.25) is 13.1 Å². The van der Waals surface area contributed by atoms with Crippen LogP contribution in [0.25, 0.3) is 92.5 Å². The van der Waals surface area contributed by atoms with Crippen molar-refractivity contribution in [3.63, 3.8) is 0 Å². The highest BCUT2D eigenvalue weighted by atomic mass is 127. The van der Waals surface area contributed by atoms with Crippen LogP contribution in [0.3, 0.4) is 0 Å². The van der Waals surface area contributed by atoms with Gasteiger partial charge in [-0.2, -0.15) is 0 Å². The lowest BCUT2D eigenvalue weighted by atomic mass is 9.77. The summed E-state index contributed by atoms with van der Waals surface area (Å²) >= 11 is 9.24. The standard InChI is InChI=1S/C44H47N2OSi.C25H23BrO.C18H19BO2.C7H6BrIO.ClH/c1-10-32-34-14-12-13-15-35(34)33(11-2)39-24-28(16-20-36(32)39)29-17-23-41(47-7)40(25-29)44-37-21-18-30(45(3)4)26-42(37)48(8,9)43-27-31(46(5)6)19-22-38(43)44;1-4-18-20-8-6-7-9-21(20)19(5-2)23-14-16(10-12-22(18)23)17-11-13-25(27-3)24(26)15-17;1-3-13-15-7-5-6-8-16(15)14(4-2)18-11-12(19(20)21)9-10-17(13)18;1-10-7-3-2-5(9)4-6(7)8;/h12-27H,10-11H2,1-9H3;6-15H,4-5H2,1-3H3;5-11,20-21H,3-4H2,1-2H3;2-4H,1H3;1H/q+1;;;;/p-1. The molecule has 0 amide bonds. The SMILES string of the molecule is CCc1c2ccccc2c(CC)c2cc(-c3ccc(OC)c(Br)c3)ccc12.CCc1c2ccccc2c(CC)c2cc(-c3ccc(OC)c(C4=C5C=CC(=[N+](C)C)C=C5[Si](C)(C)c5cc(N(C)C)ccc54)c3)ccc12.CCc1c2ccccc2c(CC)c2cc(B(O)O)ccc12.COc1ccc(I)cc1Br.[Cl-]. The largest absolute Gasteiger partial charge is 1.00 e. The van der Waals surface area contributed by atoms with Crippen LogP contribution < -0.4 is 42.2 Å². The number of allylic oxidation sites excluding steroid dienone is 5. The maximum atomic E-state index is 9.44. The molecule has 2 aliphatic rings. The van der Waals surface area contributed by atoms with Gasteiger partial charge in [0.2, 0.25) is 0 Å². The van der Waals surface area contributed by atoms with Gasteiger partial charge in [0.15, 0.2) is 5.71 Å². The third-order valence-electron chi connectivity index (χ3n) is 21.5. The lowest BCUT2D eigenvalue weighted by Crippen LogP contribution is -3.00. The van der Waals surface area contributed by atoms with Crippen molar-refractivity contribution >= 4 is 162 Å². The van der Waals surface area contributed by atoms with Gasteiger partial charge in [0.05, 0.1) is 30.3 Å². The fourth-order valence-corrected chi connectivity index (χ4v) is 21.2. The van der Waals surface area contributed by atoms with Crippen molar-refractivity contribution < 1.29 is 41.2 Å². The van der Waals surface area contributed by atoms with Gasteiger partial charge in [0.25, 0.3) is 0 Å². The van der Waals surface area contributed by atoms with E-state index in [9.17, 15) is 10.0 Å². The number of methoxy groups -OCH3 is 3. The molecule has 546 valence electrons. The number of hydrogen-bond acceptors (Lipinski definition) is 6. The normalized spacial score (nSPS) is 12.7. The number of nitrogens with zero attached hydrogens (tertiary/aromatic N) is 2. The highest BCUT2D eigenvalue weighted by Gasteiger charge is 2.41. The van der Waals surface area contributed by atoms with Crippen LogP contribution >= 0.6 is 54.5 Å². The molecule has 13 heteroatoms. The Morgan fingerprint density at radius 2 is 0.813 bits per heavy atom. The number of aryl methyl sites for hydroxylation is 6. The summed E-state index contributed by atoms with van der Waals surface area (Å²) in [6.07, 6.45) is 13.0. The Kier molecular flexibility index (Phi) is 25.7. The van der Waals surface area contributed by atoms with Gasteiger partial charge in [0.1, 0.15) is 39.4 Å². The molecule has 13 aromatic rings. The van der Waals surface area contributed by atoms with Crippen LogP contribution in [-0.2, 0) is 38.5 Å². The second kappa shape index (κ2) is 34.5. The van der Waals surface area contributed by atoms with Crippen molar-refractivity contribution in [3.05, 3.63) is 286 Å². The summed E-state index contributed by atoms with van der Waals surface area (Å²) in [4.78, 5) is 2.22. The van der Waals surface area contributed by atoms with E-state index in [0.717, 1.165) is 75.7 Å². The Morgan fingerprint density at radius 3 is 1.22 bits per heavy atom. The van der Waals surface area contributed by atoms with Gasteiger partial charge in [0, 0.05) is 41.1 Å². The van der Waals surface area contributed by atoms with Gasteiger partial charge in [-0.05, 0) is 319 Å². The monoisotopic (exact) mass is 1690 g/mol. The average Bonchev–Trinajstić information content (AvgIpc) is 0.719. The van der Waals surface area contributed by atoms with Crippen molar-refractivity contribution in [2.24, 2.45) is 0 Å². The number of halogens is 4. The van der Waals surface area contributed by atoms with Crippen molar-refractivity contribution in [1.82, 2.24) is 0 Å². The third kappa shape index (κ3) is 15.7. The predicted molar refractivity (Wildman–Crippen MR) is 474 cm³/mol. The molecule has 2 N–H and O–H groups in total. The number of fused-ring (bicyclic) bond motifs is 8. The summed E-state index contributed by atoms with van der Waals surface area (Å²) in [5, 5.41) is 37.8. The Balaban J connectivity index is 0.000000162. The molecule has 1 aliphatic carbocycles. The molecule has 0 atom stereocenters. The molecule has 7 nitrogen and oxygen atoms in total. The van der Waals surface area contributed by atoms with Crippen molar-refractivity contribution in [2.75, 3.05) is 54.4 Å². The zero-order chi connectivity index (χ0) is 75.4. The van der Waals surface area contributed by atoms with Gasteiger partial charge >= 0.3 is 7.12 Å². The van der Waals surface area contributed by atoms with Crippen LogP contribution in [0.4, 0.5) is 5.69 Å². The first-order chi connectivity index (χ1) is 51.2. The lowest BCUT2D eigenvalue weighted by molar-refractivity contribution is -0.462. The fourth-order valence-electron chi connectivity index (χ4n) is 16.1. The molecule has 0 unspecified atom stereocenters. The first-order valence-corrected chi connectivity index (χ1v) is 42.6. The number of ether oxygens (including phenoxy) is 3. The predicted octanol–water partition coefficient (Wildman–Crippen LogP) is 19.8. The first-order valence-electron chi connectivity index (χ1n) is 36.9. The van der Waals surface area contributed by atoms with E-state index >= 15 is 0 Å². The molecule has 1 heterocycles. The number of hydrogen-bond donors (Lipinski definition) is 2. The summed E-state index contributed by atoms with van der Waals surface area (Å²) in [7, 11) is 10.2. The molecule has 15 rings (SSSR count). The van der Waals surface area contributed by atoms with E-state index in [1.165, 1.54) is 157 Å². The second-order valence-electron chi connectivity index (χ2n) is 28.1. The maximum absolute atomic E-state index is 9.44. The van der Waals surface area contributed by atoms with Crippen molar-refractivity contribution in [2.45, 2.75) is 93.2 Å². The van der Waals surface area contributed by atoms with Gasteiger partial charge in [-0.3, -0.25) is 0 Å². The molecule has 0 fully saturated rings. The summed E-state index contributed by atoms with van der Waals surface area (Å²) in [5.74, 6) is 2.63. The molecular formula is C94H95BBr2ClIN2O5Si. The summed E-state index contributed by atoms with van der Waals surface area (Å²) in [5.41, 5.74) is 21.3. The molecule has 0 bridgehead atoms. The lowest BCUT2D eigenvalue weighted by Gasteiger charge is -2.38. The van der Waals surface area contributed by atoms with Crippen LogP contribution in [0.15, 0.2) is 238 Å². The summed E-state index contributed by atoms with van der Waals surface area (Å²) in [6.45, 7) is 18.4. The van der Waals surface area contributed by atoms with E-state index in [0.29, 0.717) is 5.46 Å². The molecule has 0 radical (unpaired) electrons. The Bertz CT molecular complexity index is 5700. The van der Waals surface area contributed by atoms with E-state index in [1.807, 2.05) is 36.4 Å². The van der Waals surface area contributed by atoms with Crippen molar-refractivity contribution in [3.8, 4) is 39.5 Å².